The summed E-state index contributed by atoms with van der Waals surface area (Å²) in [6.45, 7) is 3.52. The van der Waals surface area contributed by atoms with Gasteiger partial charge in [-0.3, -0.25) is 19.5 Å². The molecule has 0 bridgehead atoms. The van der Waals surface area contributed by atoms with Crippen LogP contribution in [0.3, 0.4) is 0 Å². The van der Waals surface area contributed by atoms with Gasteiger partial charge >= 0.3 is 0 Å². The third kappa shape index (κ3) is 3.33. The van der Waals surface area contributed by atoms with Gasteiger partial charge in [-0.05, 0) is 18.8 Å². The minimum atomic E-state index is -0.377. The lowest BCUT2D eigenvalue weighted by molar-refractivity contribution is -0.134. The number of aromatic amines is 1. The zero-order chi connectivity index (χ0) is 13.8. The third-order valence-corrected chi connectivity index (χ3v) is 3.63. The van der Waals surface area contributed by atoms with E-state index in [-0.39, 0.29) is 23.6 Å². The van der Waals surface area contributed by atoms with Crippen molar-refractivity contribution in [3.8, 4) is 0 Å². The first-order valence-electron chi connectivity index (χ1n) is 6.68. The molecule has 1 aromatic heterocycles. The lowest BCUT2D eigenvalue weighted by atomic mass is 9.96. The number of carbonyl (C=O) groups excluding carboxylic acids is 1. The van der Waals surface area contributed by atoms with Gasteiger partial charge in [-0.25, -0.2) is 4.68 Å². The molecule has 1 aliphatic rings. The Morgan fingerprint density at radius 2 is 2.21 bits per heavy atom. The van der Waals surface area contributed by atoms with Crippen molar-refractivity contribution in [3.05, 3.63) is 32.8 Å². The minimum Gasteiger partial charge on any atom is -0.341 e. The Balaban J connectivity index is 2.06. The van der Waals surface area contributed by atoms with E-state index in [9.17, 15) is 14.4 Å². The van der Waals surface area contributed by atoms with E-state index >= 15 is 0 Å². The van der Waals surface area contributed by atoms with Crippen LogP contribution in [0.1, 0.15) is 26.2 Å². The summed E-state index contributed by atoms with van der Waals surface area (Å²) < 4.78 is 1.07. The van der Waals surface area contributed by atoms with Crippen molar-refractivity contribution in [3.63, 3.8) is 0 Å². The smallest absolute Gasteiger partial charge is 0.265 e. The van der Waals surface area contributed by atoms with Gasteiger partial charge in [0.1, 0.15) is 6.54 Å². The number of nitrogens with zero attached hydrogens (tertiary/aromatic N) is 2. The molecule has 2 heterocycles. The van der Waals surface area contributed by atoms with Gasteiger partial charge < -0.3 is 4.90 Å². The number of likely N-dealkylation sites (tertiary alicyclic amines) is 1. The van der Waals surface area contributed by atoms with Crippen LogP contribution in [-0.2, 0) is 11.3 Å². The predicted molar refractivity (Wildman–Crippen MR) is 70.9 cm³/mol. The fourth-order valence-electron chi connectivity index (χ4n) is 2.44. The average molecular weight is 265 g/mol. The molecule has 1 aromatic rings. The lowest BCUT2D eigenvalue weighted by Crippen LogP contribution is -2.43. The highest BCUT2D eigenvalue weighted by molar-refractivity contribution is 5.76. The number of amides is 1. The quantitative estimate of drug-likeness (QED) is 0.847. The van der Waals surface area contributed by atoms with Gasteiger partial charge in [-0.2, -0.15) is 0 Å². The molecule has 1 unspecified atom stereocenters. The maximum Gasteiger partial charge on any atom is 0.265 e. The van der Waals surface area contributed by atoms with Gasteiger partial charge in [0.15, 0.2) is 0 Å². The molecule has 0 radical (unpaired) electrons. The first kappa shape index (κ1) is 13.6. The molecule has 1 amide bonds. The van der Waals surface area contributed by atoms with Crippen LogP contribution in [0.15, 0.2) is 21.7 Å². The molecule has 0 saturated carbocycles. The second-order valence-corrected chi connectivity index (χ2v) is 4.99. The Kier molecular flexibility index (Phi) is 4.19. The van der Waals surface area contributed by atoms with Gasteiger partial charge in [-0.1, -0.05) is 13.3 Å². The van der Waals surface area contributed by atoms with Crippen molar-refractivity contribution < 1.29 is 4.79 Å². The standard InChI is InChI=1S/C13H19N3O3/c1-2-10-4-3-7-15(8-10)13(19)9-16-12(18)6-5-11(17)14-16/h5-6,10H,2-4,7-9H2,1H3,(H,14,17). The summed E-state index contributed by atoms with van der Waals surface area (Å²) in [5.74, 6) is 0.436. The zero-order valence-electron chi connectivity index (χ0n) is 11.1. The van der Waals surface area contributed by atoms with Gasteiger partial charge in [0.25, 0.3) is 11.1 Å². The molecular formula is C13H19N3O3. The van der Waals surface area contributed by atoms with Crippen LogP contribution < -0.4 is 11.1 Å². The summed E-state index contributed by atoms with van der Waals surface area (Å²) >= 11 is 0. The predicted octanol–water partition coefficient (Wildman–Crippen LogP) is 0.185. The van der Waals surface area contributed by atoms with E-state index in [1.54, 1.807) is 4.90 Å². The highest BCUT2D eigenvalue weighted by atomic mass is 16.2. The number of piperidine rings is 1. The zero-order valence-corrected chi connectivity index (χ0v) is 11.1. The molecule has 0 aromatic carbocycles. The Hall–Kier alpha value is -1.85. The SMILES string of the molecule is CCC1CCCN(C(=O)Cn2[nH]c(=O)ccc2=O)C1. The molecule has 0 aliphatic carbocycles. The van der Waals surface area contributed by atoms with Crippen LogP contribution in [-0.4, -0.2) is 33.7 Å². The first-order valence-corrected chi connectivity index (χ1v) is 6.68. The number of rotatable bonds is 3. The maximum absolute atomic E-state index is 12.1. The third-order valence-electron chi connectivity index (χ3n) is 3.63. The van der Waals surface area contributed by atoms with Crippen LogP contribution in [0, 0.1) is 5.92 Å². The fourth-order valence-corrected chi connectivity index (χ4v) is 2.44. The maximum atomic E-state index is 12.1. The van der Waals surface area contributed by atoms with Crippen LogP contribution in [0.4, 0.5) is 0 Å². The molecule has 1 saturated heterocycles. The Labute approximate surface area is 111 Å². The summed E-state index contributed by atoms with van der Waals surface area (Å²) in [5, 5.41) is 2.37. The van der Waals surface area contributed by atoms with E-state index in [4.69, 9.17) is 0 Å². The van der Waals surface area contributed by atoms with E-state index < -0.39 is 0 Å². The number of carbonyl (C=O) groups is 1. The van der Waals surface area contributed by atoms with E-state index in [0.29, 0.717) is 5.92 Å². The summed E-state index contributed by atoms with van der Waals surface area (Å²) in [6, 6.07) is 2.34. The molecule has 6 nitrogen and oxygen atoms in total. The molecule has 1 aliphatic heterocycles. The van der Waals surface area contributed by atoms with Gasteiger partial charge in [0.05, 0.1) is 0 Å². The fraction of sp³-hybridized carbons (Fsp3) is 0.615. The summed E-state index contributed by atoms with van der Waals surface area (Å²) in [6.07, 6.45) is 3.22. The van der Waals surface area contributed by atoms with E-state index in [0.717, 1.165) is 43.1 Å². The molecule has 1 fully saturated rings. The van der Waals surface area contributed by atoms with Crippen LogP contribution in [0.2, 0.25) is 0 Å². The molecule has 19 heavy (non-hydrogen) atoms. The highest BCUT2D eigenvalue weighted by Crippen LogP contribution is 2.19. The second kappa shape index (κ2) is 5.86. The normalized spacial score (nSPS) is 19.4. The van der Waals surface area contributed by atoms with Crippen molar-refractivity contribution in [1.29, 1.82) is 0 Å². The Morgan fingerprint density at radius 1 is 1.42 bits per heavy atom. The molecule has 6 heteroatoms. The largest absolute Gasteiger partial charge is 0.341 e. The van der Waals surface area contributed by atoms with Crippen molar-refractivity contribution in [2.75, 3.05) is 13.1 Å². The van der Waals surface area contributed by atoms with Crippen LogP contribution in [0.25, 0.3) is 0 Å². The van der Waals surface area contributed by atoms with Gasteiger partial charge in [0.2, 0.25) is 5.91 Å². The number of hydrogen-bond acceptors (Lipinski definition) is 3. The highest BCUT2D eigenvalue weighted by Gasteiger charge is 2.22. The number of hydrogen-bond donors (Lipinski definition) is 1. The molecular weight excluding hydrogens is 246 g/mol. The molecule has 104 valence electrons. The van der Waals surface area contributed by atoms with Crippen molar-refractivity contribution in [2.45, 2.75) is 32.7 Å². The number of H-pyrrole nitrogens is 1. The average Bonchev–Trinajstić information content (AvgIpc) is 2.43. The van der Waals surface area contributed by atoms with Gasteiger partial charge in [-0.15, -0.1) is 0 Å². The number of aromatic nitrogens is 2. The van der Waals surface area contributed by atoms with E-state index in [1.165, 1.54) is 6.07 Å². The molecule has 1 N–H and O–H groups in total. The Morgan fingerprint density at radius 3 is 2.95 bits per heavy atom. The molecule has 2 rings (SSSR count). The van der Waals surface area contributed by atoms with Gasteiger partial charge in [0, 0.05) is 25.2 Å². The van der Waals surface area contributed by atoms with E-state index in [2.05, 4.69) is 12.0 Å². The topological polar surface area (TPSA) is 75.2 Å². The summed E-state index contributed by atoms with van der Waals surface area (Å²) in [5.41, 5.74) is -0.741. The first-order chi connectivity index (χ1) is 9.10. The second-order valence-electron chi connectivity index (χ2n) is 4.99. The summed E-state index contributed by atoms with van der Waals surface area (Å²) in [7, 11) is 0. The monoisotopic (exact) mass is 265 g/mol. The molecule has 1 atom stereocenters. The summed E-state index contributed by atoms with van der Waals surface area (Å²) in [4.78, 5) is 36.6. The Bertz CT molecular complexity index is 561. The van der Waals surface area contributed by atoms with Crippen LogP contribution >= 0.6 is 0 Å². The lowest BCUT2D eigenvalue weighted by Gasteiger charge is -2.32. The van der Waals surface area contributed by atoms with E-state index in [1.807, 2.05) is 0 Å². The van der Waals surface area contributed by atoms with Crippen molar-refractivity contribution in [2.24, 2.45) is 5.92 Å². The van der Waals surface area contributed by atoms with Crippen LogP contribution in [0.5, 0.6) is 0 Å². The minimum absolute atomic E-state index is 0.0919. The number of nitrogens with one attached hydrogen (secondary N) is 1. The van der Waals surface area contributed by atoms with Crippen molar-refractivity contribution in [1.82, 2.24) is 14.7 Å². The molecule has 0 spiro atoms. The van der Waals surface area contributed by atoms with Crippen molar-refractivity contribution >= 4 is 5.91 Å².